The number of aromatic amines is 1. The molecule has 120 valence electrons. The lowest BCUT2D eigenvalue weighted by Crippen LogP contribution is -2.38. The minimum Gasteiger partial charge on any atom is -0.363 e. The van der Waals surface area contributed by atoms with Crippen molar-refractivity contribution in [2.45, 2.75) is 45.7 Å². The molecular weight excluding hydrogens is 278 g/mol. The van der Waals surface area contributed by atoms with E-state index >= 15 is 0 Å². The summed E-state index contributed by atoms with van der Waals surface area (Å²) in [5, 5.41) is 2.98. The van der Waals surface area contributed by atoms with E-state index in [9.17, 15) is 9.59 Å². The van der Waals surface area contributed by atoms with E-state index in [-0.39, 0.29) is 11.3 Å². The zero-order valence-corrected chi connectivity index (χ0v) is 13.6. The monoisotopic (exact) mass is 303 g/mol. The topological polar surface area (TPSA) is 65.2 Å². The van der Waals surface area contributed by atoms with Gasteiger partial charge in [-0.25, -0.2) is 0 Å². The molecule has 2 N–H and O–H groups in total. The maximum absolute atomic E-state index is 12.0. The lowest BCUT2D eigenvalue weighted by Gasteiger charge is -2.25. The molecule has 0 bridgehead atoms. The molecule has 2 heterocycles. The number of pyridine rings is 1. The van der Waals surface area contributed by atoms with E-state index in [0.717, 1.165) is 42.8 Å². The first-order chi connectivity index (χ1) is 10.5. The molecule has 2 aliphatic rings. The third-order valence-electron chi connectivity index (χ3n) is 5.47. The van der Waals surface area contributed by atoms with E-state index in [0.29, 0.717) is 24.3 Å². The minimum atomic E-state index is 0.136. The van der Waals surface area contributed by atoms with Crippen LogP contribution in [0.3, 0.4) is 0 Å². The molecule has 0 aromatic carbocycles. The second-order valence-electron chi connectivity index (χ2n) is 6.97. The first-order valence-electron chi connectivity index (χ1n) is 8.10. The molecule has 5 heteroatoms. The van der Waals surface area contributed by atoms with Crippen LogP contribution < -0.4 is 10.7 Å². The SMILES string of the molecule is Cc1c[nH]c(CN(C)[C@H]2C[C@H]3CNC(=O)C[C@H]3C2)c(C)c1=O. The van der Waals surface area contributed by atoms with Gasteiger partial charge in [0.25, 0.3) is 0 Å². The van der Waals surface area contributed by atoms with E-state index < -0.39 is 0 Å². The number of carbonyl (C=O) groups is 1. The van der Waals surface area contributed by atoms with Crippen molar-refractivity contribution in [1.29, 1.82) is 0 Å². The third-order valence-corrected chi connectivity index (χ3v) is 5.47. The van der Waals surface area contributed by atoms with Crippen LogP contribution in [0.2, 0.25) is 0 Å². The van der Waals surface area contributed by atoms with Crippen LogP contribution in [0.25, 0.3) is 0 Å². The second kappa shape index (κ2) is 5.88. The second-order valence-corrected chi connectivity index (χ2v) is 6.97. The van der Waals surface area contributed by atoms with Gasteiger partial charge in [0.15, 0.2) is 5.43 Å². The van der Waals surface area contributed by atoms with Gasteiger partial charge < -0.3 is 10.3 Å². The summed E-state index contributed by atoms with van der Waals surface area (Å²) in [6.07, 6.45) is 4.70. The van der Waals surface area contributed by atoms with Gasteiger partial charge in [-0.3, -0.25) is 14.5 Å². The van der Waals surface area contributed by atoms with Gasteiger partial charge in [-0.15, -0.1) is 0 Å². The summed E-state index contributed by atoms with van der Waals surface area (Å²) >= 11 is 0. The molecule has 1 aromatic rings. The van der Waals surface area contributed by atoms with Gasteiger partial charge in [0.05, 0.1) is 0 Å². The van der Waals surface area contributed by atoms with Gasteiger partial charge in [0, 0.05) is 48.6 Å². The lowest BCUT2D eigenvalue weighted by atomic mass is 9.89. The first-order valence-corrected chi connectivity index (χ1v) is 8.10. The molecule has 5 nitrogen and oxygen atoms in total. The summed E-state index contributed by atoms with van der Waals surface area (Å²) in [7, 11) is 2.12. The van der Waals surface area contributed by atoms with Crippen LogP contribution in [0.5, 0.6) is 0 Å². The Kier molecular flexibility index (Phi) is 4.08. The van der Waals surface area contributed by atoms with Crippen molar-refractivity contribution >= 4 is 5.91 Å². The Morgan fingerprint density at radius 2 is 1.95 bits per heavy atom. The highest BCUT2D eigenvalue weighted by atomic mass is 16.1. The van der Waals surface area contributed by atoms with Gasteiger partial charge in [-0.2, -0.15) is 0 Å². The highest BCUT2D eigenvalue weighted by molar-refractivity contribution is 5.77. The highest BCUT2D eigenvalue weighted by Crippen LogP contribution is 2.38. The Labute approximate surface area is 131 Å². The number of nitrogens with zero attached hydrogens (tertiary/aromatic N) is 1. The van der Waals surface area contributed by atoms with Crippen LogP contribution in [-0.4, -0.2) is 35.4 Å². The van der Waals surface area contributed by atoms with Gasteiger partial charge in [0.2, 0.25) is 5.91 Å². The molecule has 22 heavy (non-hydrogen) atoms. The fraction of sp³-hybridized carbons (Fsp3) is 0.647. The first kappa shape index (κ1) is 15.3. The van der Waals surface area contributed by atoms with Crippen LogP contribution in [-0.2, 0) is 11.3 Å². The van der Waals surface area contributed by atoms with Crippen molar-refractivity contribution in [3.63, 3.8) is 0 Å². The summed E-state index contributed by atoms with van der Waals surface area (Å²) in [5.41, 5.74) is 2.72. The van der Waals surface area contributed by atoms with Gasteiger partial charge in [0.1, 0.15) is 0 Å². The molecule has 1 aliphatic carbocycles. The highest BCUT2D eigenvalue weighted by Gasteiger charge is 2.39. The molecule has 0 spiro atoms. The van der Waals surface area contributed by atoms with E-state index in [2.05, 4.69) is 22.2 Å². The number of rotatable bonds is 3. The minimum absolute atomic E-state index is 0.136. The number of amides is 1. The van der Waals surface area contributed by atoms with Crippen molar-refractivity contribution < 1.29 is 4.79 Å². The zero-order chi connectivity index (χ0) is 15.9. The van der Waals surface area contributed by atoms with Gasteiger partial charge >= 0.3 is 0 Å². The summed E-state index contributed by atoms with van der Waals surface area (Å²) in [4.78, 5) is 29.2. The van der Waals surface area contributed by atoms with Crippen LogP contribution in [0.1, 0.15) is 36.1 Å². The largest absolute Gasteiger partial charge is 0.363 e. The number of aromatic nitrogens is 1. The van der Waals surface area contributed by atoms with Crippen molar-refractivity contribution in [3.8, 4) is 0 Å². The summed E-state index contributed by atoms with van der Waals surface area (Å²) in [6.45, 7) is 5.32. The molecular formula is C17H25N3O2. The summed E-state index contributed by atoms with van der Waals surface area (Å²) < 4.78 is 0. The average Bonchev–Trinajstić information content (AvgIpc) is 2.91. The fourth-order valence-electron chi connectivity index (χ4n) is 3.94. The zero-order valence-electron chi connectivity index (χ0n) is 13.6. The number of carbonyl (C=O) groups excluding carboxylic acids is 1. The number of piperidine rings is 1. The number of fused-ring (bicyclic) bond motifs is 1. The van der Waals surface area contributed by atoms with E-state index in [4.69, 9.17) is 0 Å². The smallest absolute Gasteiger partial charge is 0.220 e. The van der Waals surface area contributed by atoms with Gasteiger partial charge in [-0.05, 0) is 45.6 Å². The summed E-state index contributed by atoms with van der Waals surface area (Å²) in [5.74, 6) is 1.34. The average molecular weight is 303 g/mol. The van der Waals surface area contributed by atoms with Crippen LogP contribution in [0.4, 0.5) is 0 Å². The molecule has 2 fully saturated rings. The number of aryl methyl sites for hydroxylation is 1. The molecule has 1 aliphatic heterocycles. The van der Waals surface area contributed by atoms with E-state index in [1.54, 1.807) is 6.20 Å². The predicted molar refractivity (Wildman–Crippen MR) is 85.6 cm³/mol. The fourth-order valence-corrected chi connectivity index (χ4v) is 3.94. The Hall–Kier alpha value is -1.62. The Bertz CT molecular complexity index is 637. The maximum atomic E-state index is 12.0. The normalized spacial score (nSPS) is 27.8. The van der Waals surface area contributed by atoms with Crippen molar-refractivity contribution in [3.05, 3.63) is 33.2 Å². The standard InChI is InChI=1S/C17H25N3O2/c1-10-7-18-15(11(2)17(10)22)9-20(3)14-4-12-6-16(21)19-8-13(12)5-14/h7,12-14H,4-6,8-9H2,1-3H3,(H,18,22)(H,19,21)/t12-,13+,14-/m1/s1. The van der Waals surface area contributed by atoms with Crippen LogP contribution >= 0.6 is 0 Å². The predicted octanol–water partition coefficient (Wildman–Crippen LogP) is 1.34. The van der Waals surface area contributed by atoms with E-state index in [1.165, 1.54) is 0 Å². The van der Waals surface area contributed by atoms with Crippen molar-refractivity contribution in [1.82, 2.24) is 15.2 Å². The molecule has 1 amide bonds. The Morgan fingerprint density at radius 3 is 2.73 bits per heavy atom. The van der Waals surface area contributed by atoms with Crippen LogP contribution in [0.15, 0.2) is 11.0 Å². The molecule has 0 radical (unpaired) electrons. The van der Waals surface area contributed by atoms with E-state index in [1.807, 2.05) is 13.8 Å². The lowest BCUT2D eigenvalue weighted by molar-refractivity contribution is -0.124. The van der Waals surface area contributed by atoms with Crippen molar-refractivity contribution in [2.24, 2.45) is 11.8 Å². The van der Waals surface area contributed by atoms with Crippen LogP contribution in [0, 0.1) is 25.7 Å². The number of hydrogen-bond donors (Lipinski definition) is 2. The Balaban J connectivity index is 1.68. The molecule has 0 unspecified atom stereocenters. The van der Waals surface area contributed by atoms with Crippen molar-refractivity contribution in [2.75, 3.05) is 13.6 Å². The number of hydrogen-bond acceptors (Lipinski definition) is 3. The molecule has 3 atom stereocenters. The Morgan fingerprint density at radius 1 is 1.23 bits per heavy atom. The molecule has 1 aromatic heterocycles. The number of H-pyrrole nitrogens is 1. The quantitative estimate of drug-likeness (QED) is 0.885. The number of nitrogens with one attached hydrogen (secondary N) is 2. The molecule has 1 saturated carbocycles. The summed E-state index contributed by atoms with van der Waals surface area (Å²) in [6, 6.07) is 0.493. The maximum Gasteiger partial charge on any atom is 0.220 e. The van der Waals surface area contributed by atoms with Gasteiger partial charge in [-0.1, -0.05) is 0 Å². The third kappa shape index (κ3) is 2.82. The molecule has 1 saturated heterocycles. The molecule has 3 rings (SSSR count).